The van der Waals surface area contributed by atoms with Crippen LogP contribution < -0.4 is 0 Å². The number of hydrogen-bond acceptors (Lipinski definition) is 0. The van der Waals surface area contributed by atoms with Crippen molar-refractivity contribution in [1.82, 2.24) is 0 Å². The van der Waals surface area contributed by atoms with Gasteiger partial charge in [-0.1, -0.05) is 162 Å². The van der Waals surface area contributed by atoms with Crippen molar-refractivity contribution < 1.29 is 0 Å². The molecule has 0 saturated carbocycles. The van der Waals surface area contributed by atoms with E-state index in [0.717, 1.165) is 5.92 Å². The predicted molar refractivity (Wildman–Crippen MR) is 122 cm³/mol. The van der Waals surface area contributed by atoms with Crippen LogP contribution >= 0.6 is 0 Å². The van der Waals surface area contributed by atoms with E-state index >= 15 is 0 Å². The molecule has 0 bridgehead atoms. The van der Waals surface area contributed by atoms with E-state index in [9.17, 15) is 0 Å². The molecule has 0 spiro atoms. The number of unbranched alkanes of at least 4 members (excludes halogenated alkanes) is 18. The van der Waals surface area contributed by atoms with Gasteiger partial charge in [0.1, 0.15) is 0 Å². The summed E-state index contributed by atoms with van der Waals surface area (Å²) in [7, 11) is 0. The summed E-state index contributed by atoms with van der Waals surface area (Å²) in [6, 6.07) is 0. The zero-order chi connectivity index (χ0) is 19.1. The molecule has 0 aromatic heterocycles. The van der Waals surface area contributed by atoms with Crippen LogP contribution in [0.1, 0.15) is 155 Å². The molecule has 0 aromatic carbocycles. The van der Waals surface area contributed by atoms with E-state index in [1.807, 2.05) is 0 Å². The lowest BCUT2D eigenvalue weighted by Crippen LogP contribution is -1.95. The van der Waals surface area contributed by atoms with Gasteiger partial charge in [0.25, 0.3) is 0 Å². The summed E-state index contributed by atoms with van der Waals surface area (Å²) < 4.78 is 0. The Morgan fingerprint density at radius 2 is 0.615 bits per heavy atom. The summed E-state index contributed by atoms with van der Waals surface area (Å²) >= 11 is 0. The molecule has 0 aromatic rings. The van der Waals surface area contributed by atoms with Crippen LogP contribution in [0.3, 0.4) is 0 Å². The summed E-state index contributed by atoms with van der Waals surface area (Å²) in [5, 5.41) is 0. The maximum atomic E-state index is 4.39. The molecule has 0 rings (SSSR count). The molecule has 157 valence electrons. The Bertz CT molecular complexity index is 232. The van der Waals surface area contributed by atoms with Gasteiger partial charge in [-0.3, -0.25) is 0 Å². The van der Waals surface area contributed by atoms with Crippen molar-refractivity contribution in [3.8, 4) is 0 Å². The highest BCUT2D eigenvalue weighted by atomic mass is 14.1. The molecule has 1 radical (unpaired) electrons. The molecule has 0 N–H and O–H groups in total. The van der Waals surface area contributed by atoms with Crippen molar-refractivity contribution in [1.29, 1.82) is 0 Å². The van der Waals surface area contributed by atoms with Crippen LogP contribution in [0.2, 0.25) is 0 Å². The lowest BCUT2D eigenvalue weighted by atomic mass is 9.95. The van der Waals surface area contributed by atoms with E-state index in [1.54, 1.807) is 0 Å². The summed E-state index contributed by atoms with van der Waals surface area (Å²) in [6.07, 6.45) is 31.6. The highest BCUT2D eigenvalue weighted by molar-refractivity contribution is 4.62. The lowest BCUT2D eigenvalue weighted by Gasteiger charge is -2.11. The molecule has 0 aliphatic heterocycles. The molecule has 1 atom stereocenters. The molecule has 1 unspecified atom stereocenters. The Hall–Kier alpha value is 0. The van der Waals surface area contributed by atoms with E-state index in [2.05, 4.69) is 20.8 Å². The SMILES string of the molecule is [CH2]C(CCCCCCCCCC)CCCCCCCCCCCCCC. The van der Waals surface area contributed by atoms with Gasteiger partial charge in [-0.15, -0.1) is 0 Å². The van der Waals surface area contributed by atoms with Gasteiger partial charge in [-0.25, -0.2) is 0 Å². The molecule has 0 saturated heterocycles. The second-order valence-corrected chi connectivity index (χ2v) is 8.81. The summed E-state index contributed by atoms with van der Waals surface area (Å²) in [6.45, 7) is 8.98. The van der Waals surface area contributed by atoms with Crippen LogP contribution in [0.15, 0.2) is 0 Å². The molecule has 0 fully saturated rings. The summed E-state index contributed by atoms with van der Waals surface area (Å²) in [4.78, 5) is 0. The Balaban J connectivity index is 3.11. The maximum absolute atomic E-state index is 4.39. The van der Waals surface area contributed by atoms with Crippen molar-refractivity contribution in [2.75, 3.05) is 0 Å². The maximum Gasteiger partial charge on any atom is -0.0414 e. The first-order valence-corrected chi connectivity index (χ1v) is 12.6. The normalized spacial score (nSPS) is 12.6. The molecule has 26 heavy (non-hydrogen) atoms. The predicted octanol–water partition coefficient (Wildman–Crippen LogP) is 10.1. The van der Waals surface area contributed by atoms with Gasteiger partial charge in [0.15, 0.2) is 0 Å². The lowest BCUT2D eigenvalue weighted by molar-refractivity contribution is 0.460. The van der Waals surface area contributed by atoms with Gasteiger partial charge in [0, 0.05) is 0 Å². The molecule has 0 heteroatoms. The smallest absolute Gasteiger partial charge is 0.0414 e. The Morgan fingerprint density at radius 1 is 0.385 bits per heavy atom. The fourth-order valence-corrected chi connectivity index (χ4v) is 3.99. The molecule has 0 aliphatic rings. The minimum absolute atomic E-state index is 0.721. The van der Waals surface area contributed by atoms with E-state index in [0.29, 0.717) is 0 Å². The first kappa shape index (κ1) is 26.0. The van der Waals surface area contributed by atoms with Crippen LogP contribution in [-0.4, -0.2) is 0 Å². The molecule has 0 aliphatic carbocycles. The Kier molecular flexibility index (Phi) is 23.0. The first-order chi connectivity index (χ1) is 12.8. The second-order valence-electron chi connectivity index (χ2n) is 8.81. The third-order valence-electron chi connectivity index (χ3n) is 5.93. The van der Waals surface area contributed by atoms with Crippen molar-refractivity contribution >= 4 is 0 Å². The molecule has 0 amide bonds. The van der Waals surface area contributed by atoms with Gasteiger partial charge < -0.3 is 0 Å². The van der Waals surface area contributed by atoms with Crippen LogP contribution in [0.5, 0.6) is 0 Å². The van der Waals surface area contributed by atoms with Gasteiger partial charge in [-0.05, 0) is 5.92 Å². The van der Waals surface area contributed by atoms with E-state index < -0.39 is 0 Å². The fraction of sp³-hybridized carbons (Fsp3) is 0.962. The third kappa shape index (κ3) is 22.0. The number of rotatable bonds is 22. The van der Waals surface area contributed by atoms with Crippen molar-refractivity contribution in [2.24, 2.45) is 5.92 Å². The van der Waals surface area contributed by atoms with E-state index in [4.69, 9.17) is 0 Å². The van der Waals surface area contributed by atoms with Crippen molar-refractivity contribution in [3.63, 3.8) is 0 Å². The van der Waals surface area contributed by atoms with Crippen LogP contribution in [0, 0.1) is 12.8 Å². The van der Waals surface area contributed by atoms with Crippen molar-refractivity contribution in [2.45, 2.75) is 155 Å². The average molecular weight is 366 g/mol. The zero-order valence-electron chi connectivity index (χ0n) is 18.8. The fourth-order valence-electron chi connectivity index (χ4n) is 3.99. The van der Waals surface area contributed by atoms with Gasteiger partial charge in [0.05, 0.1) is 0 Å². The third-order valence-corrected chi connectivity index (χ3v) is 5.93. The second kappa shape index (κ2) is 23.0. The highest BCUT2D eigenvalue weighted by Gasteiger charge is 2.02. The molecule has 0 nitrogen and oxygen atoms in total. The Morgan fingerprint density at radius 3 is 0.885 bits per heavy atom. The van der Waals surface area contributed by atoms with E-state index in [-0.39, 0.29) is 0 Å². The number of hydrogen-bond donors (Lipinski definition) is 0. The van der Waals surface area contributed by atoms with Crippen LogP contribution in [-0.2, 0) is 0 Å². The minimum Gasteiger partial charge on any atom is -0.0654 e. The minimum atomic E-state index is 0.721. The zero-order valence-corrected chi connectivity index (χ0v) is 18.8. The quantitative estimate of drug-likeness (QED) is 0.167. The first-order valence-electron chi connectivity index (χ1n) is 12.6. The van der Waals surface area contributed by atoms with Crippen LogP contribution in [0.25, 0.3) is 0 Å². The molecular formula is C26H53. The Labute approximate surface area is 168 Å². The summed E-state index contributed by atoms with van der Waals surface area (Å²) in [5.41, 5.74) is 0. The van der Waals surface area contributed by atoms with Crippen molar-refractivity contribution in [3.05, 3.63) is 6.92 Å². The topological polar surface area (TPSA) is 0 Å². The molecule has 0 heterocycles. The molecular weight excluding hydrogens is 312 g/mol. The summed E-state index contributed by atoms with van der Waals surface area (Å²) in [5.74, 6) is 0.721. The standard InChI is InChI=1S/C26H53/c1-4-6-8-10-12-14-15-16-17-19-21-23-25-26(3)24-22-20-18-13-11-9-7-5-2/h26H,3-25H2,1-2H3. The van der Waals surface area contributed by atoms with Gasteiger partial charge >= 0.3 is 0 Å². The average Bonchev–Trinajstić information content (AvgIpc) is 2.65. The highest BCUT2D eigenvalue weighted by Crippen LogP contribution is 2.19. The van der Waals surface area contributed by atoms with Gasteiger partial charge in [-0.2, -0.15) is 0 Å². The monoisotopic (exact) mass is 365 g/mol. The largest absolute Gasteiger partial charge is 0.0654 e. The van der Waals surface area contributed by atoms with E-state index in [1.165, 1.54) is 141 Å². The van der Waals surface area contributed by atoms with Gasteiger partial charge in [0.2, 0.25) is 0 Å². The van der Waals surface area contributed by atoms with Crippen LogP contribution in [0.4, 0.5) is 0 Å².